The summed E-state index contributed by atoms with van der Waals surface area (Å²) in [6, 6.07) is 7.66. The summed E-state index contributed by atoms with van der Waals surface area (Å²) in [7, 11) is 0. The van der Waals surface area contributed by atoms with Gasteiger partial charge in [0.05, 0.1) is 17.1 Å². The van der Waals surface area contributed by atoms with E-state index < -0.39 is 0 Å². The summed E-state index contributed by atoms with van der Waals surface area (Å²) < 4.78 is 6.26. The fourth-order valence-electron chi connectivity index (χ4n) is 3.84. The smallest absolute Gasteiger partial charge is 0.236 e. The first kappa shape index (κ1) is 17.6. The molecule has 0 aliphatic carbocycles. The molecule has 2 aliphatic rings. The monoisotopic (exact) mass is 373 g/mol. The number of amides is 1. The Labute approximate surface area is 158 Å². The minimum Gasteiger partial charge on any atom is -0.490 e. The first-order valence-electron chi connectivity index (χ1n) is 9.41. The van der Waals surface area contributed by atoms with Gasteiger partial charge in [0.1, 0.15) is 11.9 Å². The molecule has 0 atom stereocenters. The van der Waals surface area contributed by atoms with Crippen molar-refractivity contribution in [2.75, 3.05) is 32.7 Å². The largest absolute Gasteiger partial charge is 0.490 e. The van der Waals surface area contributed by atoms with Crippen molar-refractivity contribution in [1.82, 2.24) is 14.8 Å². The number of carbonyl (C=O) groups is 1. The molecule has 1 aromatic carbocycles. The van der Waals surface area contributed by atoms with Gasteiger partial charge < -0.3 is 9.64 Å². The van der Waals surface area contributed by atoms with Crippen molar-refractivity contribution in [3.63, 3.8) is 0 Å². The number of nitrogens with zero attached hydrogens (tertiary/aromatic N) is 3. The molecule has 0 radical (unpaired) electrons. The van der Waals surface area contributed by atoms with Crippen LogP contribution in [0.2, 0.25) is 5.02 Å². The summed E-state index contributed by atoms with van der Waals surface area (Å²) in [5.74, 6) is 1.11. The molecular formula is C20H24ClN3O2. The Bertz CT molecular complexity index is 784. The standard InChI is InChI=1S/C20H24ClN3O2/c21-17-5-6-18(16-4-3-9-22-20(16)17)26-15-7-12-23(13-8-15)14-19(25)24-10-1-2-11-24/h3-6,9,15H,1-2,7-8,10-14H2. The van der Waals surface area contributed by atoms with Gasteiger partial charge in [-0.25, -0.2) is 0 Å². The number of halogens is 1. The molecule has 2 aliphatic heterocycles. The Kier molecular flexibility index (Phi) is 5.27. The SMILES string of the molecule is O=C(CN1CCC(Oc2ccc(Cl)c3ncccc23)CC1)N1CCCC1. The number of hydrogen-bond acceptors (Lipinski definition) is 4. The van der Waals surface area contributed by atoms with Gasteiger partial charge in [-0.2, -0.15) is 0 Å². The zero-order valence-electron chi connectivity index (χ0n) is 14.9. The van der Waals surface area contributed by atoms with Crippen molar-refractivity contribution in [2.45, 2.75) is 31.8 Å². The number of likely N-dealkylation sites (tertiary alicyclic amines) is 2. The second-order valence-corrected chi connectivity index (χ2v) is 7.53. The molecule has 2 fully saturated rings. The van der Waals surface area contributed by atoms with E-state index in [2.05, 4.69) is 9.88 Å². The molecule has 1 aromatic heterocycles. The summed E-state index contributed by atoms with van der Waals surface area (Å²) >= 11 is 6.23. The first-order valence-corrected chi connectivity index (χ1v) is 9.78. The van der Waals surface area contributed by atoms with Gasteiger partial charge in [0.25, 0.3) is 0 Å². The number of benzene rings is 1. The van der Waals surface area contributed by atoms with E-state index in [1.807, 2.05) is 29.2 Å². The van der Waals surface area contributed by atoms with Crippen LogP contribution in [0.4, 0.5) is 0 Å². The molecule has 0 N–H and O–H groups in total. The van der Waals surface area contributed by atoms with Crippen LogP contribution in [-0.2, 0) is 4.79 Å². The van der Waals surface area contributed by atoms with Gasteiger partial charge in [-0.1, -0.05) is 11.6 Å². The molecule has 0 bridgehead atoms. The number of piperidine rings is 1. The number of rotatable bonds is 4. The van der Waals surface area contributed by atoms with E-state index in [0.29, 0.717) is 11.6 Å². The average Bonchev–Trinajstić information content (AvgIpc) is 3.21. The third-order valence-corrected chi connectivity index (χ3v) is 5.63. The third-order valence-electron chi connectivity index (χ3n) is 5.33. The van der Waals surface area contributed by atoms with Gasteiger partial charge >= 0.3 is 0 Å². The van der Waals surface area contributed by atoms with Crippen LogP contribution in [0.25, 0.3) is 10.9 Å². The van der Waals surface area contributed by atoms with Crippen LogP contribution >= 0.6 is 11.6 Å². The maximum atomic E-state index is 12.3. The lowest BCUT2D eigenvalue weighted by molar-refractivity contribution is -0.131. The lowest BCUT2D eigenvalue weighted by atomic mass is 10.1. The van der Waals surface area contributed by atoms with Crippen LogP contribution < -0.4 is 4.74 Å². The lowest BCUT2D eigenvalue weighted by Crippen LogP contribution is -2.44. The van der Waals surface area contributed by atoms with Gasteiger partial charge in [-0.3, -0.25) is 14.7 Å². The molecule has 0 spiro atoms. The average molecular weight is 374 g/mol. The Morgan fingerprint density at radius 3 is 2.69 bits per heavy atom. The van der Waals surface area contributed by atoms with E-state index >= 15 is 0 Å². The molecule has 2 saturated heterocycles. The normalized spacial score (nSPS) is 19.2. The van der Waals surface area contributed by atoms with Crippen molar-refractivity contribution in [2.24, 2.45) is 0 Å². The van der Waals surface area contributed by atoms with Gasteiger partial charge in [0.15, 0.2) is 0 Å². The Morgan fingerprint density at radius 1 is 1.15 bits per heavy atom. The van der Waals surface area contributed by atoms with Crippen LogP contribution in [0.5, 0.6) is 5.75 Å². The summed E-state index contributed by atoms with van der Waals surface area (Å²) in [4.78, 5) is 20.9. The summed E-state index contributed by atoms with van der Waals surface area (Å²) in [6.45, 7) is 4.19. The van der Waals surface area contributed by atoms with Crippen LogP contribution in [-0.4, -0.2) is 59.5 Å². The molecule has 0 saturated carbocycles. The molecule has 5 nitrogen and oxygen atoms in total. The summed E-state index contributed by atoms with van der Waals surface area (Å²) in [5.41, 5.74) is 0.778. The van der Waals surface area contributed by atoms with Crippen molar-refractivity contribution in [3.8, 4) is 5.75 Å². The van der Waals surface area contributed by atoms with Gasteiger partial charge in [0.2, 0.25) is 5.91 Å². The minimum atomic E-state index is 0.165. The fourth-order valence-corrected chi connectivity index (χ4v) is 4.05. The molecule has 138 valence electrons. The highest BCUT2D eigenvalue weighted by Gasteiger charge is 2.25. The summed E-state index contributed by atoms with van der Waals surface area (Å²) in [5, 5.41) is 1.59. The van der Waals surface area contributed by atoms with Gasteiger partial charge in [-0.05, 0) is 49.9 Å². The topological polar surface area (TPSA) is 45.7 Å². The highest BCUT2D eigenvalue weighted by atomic mass is 35.5. The molecular weight excluding hydrogens is 350 g/mol. The van der Waals surface area contributed by atoms with Crippen molar-refractivity contribution >= 4 is 28.4 Å². The Balaban J connectivity index is 1.34. The van der Waals surface area contributed by atoms with Gasteiger partial charge in [0, 0.05) is 37.8 Å². The predicted molar refractivity (Wildman–Crippen MR) is 103 cm³/mol. The maximum absolute atomic E-state index is 12.3. The quantitative estimate of drug-likeness (QED) is 0.824. The number of ether oxygens (including phenoxy) is 1. The van der Waals surface area contributed by atoms with Crippen LogP contribution in [0.1, 0.15) is 25.7 Å². The minimum absolute atomic E-state index is 0.165. The van der Waals surface area contributed by atoms with Crippen LogP contribution in [0, 0.1) is 0 Å². The fraction of sp³-hybridized carbons (Fsp3) is 0.500. The first-order chi connectivity index (χ1) is 12.7. The molecule has 0 unspecified atom stereocenters. The maximum Gasteiger partial charge on any atom is 0.236 e. The molecule has 3 heterocycles. The lowest BCUT2D eigenvalue weighted by Gasteiger charge is -2.32. The van der Waals surface area contributed by atoms with Crippen molar-refractivity contribution in [3.05, 3.63) is 35.5 Å². The van der Waals surface area contributed by atoms with E-state index in [1.54, 1.807) is 6.20 Å². The molecule has 6 heteroatoms. The molecule has 2 aromatic rings. The van der Waals surface area contributed by atoms with Crippen LogP contribution in [0.15, 0.2) is 30.5 Å². The van der Waals surface area contributed by atoms with Gasteiger partial charge in [-0.15, -0.1) is 0 Å². The van der Waals surface area contributed by atoms with Crippen molar-refractivity contribution in [1.29, 1.82) is 0 Å². The predicted octanol–water partition coefficient (Wildman–Crippen LogP) is 3.35. The second kappa shape index (κ2) is 7.80. The van der Waals surface area contributed by atoms with Crippen molar-refractivity contribution < 1.29 is 9.53 Å². The molecule has 1 amide bonds. The van der Waals surface area contributed by atoms with E-state index in [-0.39, 0.29) is 12.0 Å². The third kappa shape index (κ3) is 3.79. The zero-order valence-corrected chi connectivity index (χ0v) is 15.6. The Morgan fingerprint density at radius 2 is 1.92 bits per heavy atom. The van der Waals surface area contributed by atoms with E-state index in [4.69, 9.17) is 16.3 Å². The number of pyridine rings is 1. The Hall–Kier alpha value is -1.85. The number of aromatic nitrogens is 1. The molecule has 26 heavy (non-hydrogen) atoms. The number of hydrogen-bond donors (Lipinski definition) is 0. The van der Waals surface area contributed by atoms with E-state index in [1.165, 1.54) is 0 Å². The van der Waals surface area contributed by atoms with E-state index in [0.717, 1.165) is 68.5 Å². The summed E-state index contributed by atoms with van der Waals surface area (Å²) in [6.07, 6.45) is 6.05. The number of fused-ring (bicyclic) bond motifs is 1. The van der Waals surface area contributed by atoms with Crippen LogP contribution in [0.3, 0.4) is 0 Å². The second-order valence-electron chi connectivity index (χ2n) is 7.13. The zero-order chi connectivity index (χ0) is 17.9. The molecule has 4 rings (SSSR count). The highest BCUT2D eigenvalue weighted by Crippen LogP contribution is 2.31. The highest BCUT2D eigenvalue weighted by molar-refractivity contribution is 6.35. The van der Waals surface area contributed by atoms with E-state index in [9.17, 15) is 4.79 Å². The number of carbonyl (C=O) groups excluding carboxylic acids is 1.